The van der Waals surface area contributed by atoms with Crippen LogP contribution in [0.2, 0.25) is 0 Å². The second kappa shape index (κ2) is 12.9. The first-order chi connectivity index (χ1) is 9.10. The van der Waals surface area contributed by atoms with Gasteiger partial charge in [-0.05, 0) is 31.5 Å². The van der Waals surface area contributed by atoms with E-state index >= 15 is 0 Å². The van der Waals surface area contributed by atoms with Gasteiger partial charge in [-0.2, -0.15) is 0 Å². The summed E-state index contributed by atoms with van der Waals surface area (Å²) in [5, 5.41) is 0. The van der Waals surface area contributed by atoms with Gasteiger partial charge in [0.1, 0.15) is 5.82 Å². The average molecular weight is 268 g/mol. The number of anilines is 2. The zero-order valence-electron chi connectivity index (χ0n) is 12.9. The van der Waals surface area contributed by atoms with Crippen LogP contribution >= 0.6 is 0 Å². The van der Waals surface area contributed by atoms with Gasteiger partial charge < -0.3 is 10.6 Å². The van der Waals surface area contributed by atoms with Crippen molar-refractivity contribution >= 4 is 11.4 Å². The first-order valence-electron chi connectivity index (χ1n) is 6.90. The molecular formula is C16H29FN2. The second-order valence-corrected chi connectivity index (χ2v) is 4.00. The Balaban J connectivity index is 0. The first kappa shape index (κ1) is 19.8. The quantitative estimate of drug-likeness (QED) is 0.624. The van der Waals surface area contributed by atoms with Crippen LogP contribution in [0.15, 0.2) is 31.4 Å². The van der Waals surface area contributed by atoms with Gasteiger partial charge in [0.15, 0.2) is 0 Å². The third-order valence-corrected chi connectivity index (χ3v) is 2.19. The van der Waals surface area contributed by atoms with Gasteiger partial charge in [0.2, 0.25) is 0 Å². The zero-order chi connectivity index (χ0) is 15.3. The third kappa shape index (κ3) is 8.25. The maximum absolute atomic E-state index is 13.5. The molecule has 0 aliphatic heterocycles. The van der Waals surface area contributed by atoms with E-state index in [1.807, 2.05) is 11.8 Å². The lowest BCUT2D eigenvalue weighted by Crippen LogP contribution is -2.24. The fourth-order valence-electron chi connectivity index (χ4n) is 1.50. The van der Waals surface area contributed by atoms with Gasteiger partial charge in [0, 0.05) is 18.8 Å². The highest BCUT2D eigenvalue weighted by molar-refractivity contribution is 5.54. The van der Waals surface area contributed by atoms with E-state index in [0.717, 1.165) is 19.5 Å². The normalized spacial score (nSPS) is 8.68. The number of hydrogen-bond acceptors (Lipinski definition) is 2. The molecule has 1 aromatic rings. The Morgan fingerprint density at radius 2 is 1.68 bits per heavy atom. The van der Waals surface area contributed by atoms with Gasteiger partial charge >= 0.3 is 0 Å². The van der Waals surface area contributed by atoms with Gasteiger partial charge in [-0.25, -0.2) is 4.39 Å². The van der Waals surface area contributed by atoms with Crippen LogP contribution in [-0.4, -0.2) is 13.1 Å². The van der Waals surface area contributed by atoms with Crippen LogP contribution in [0.3, 0.4) is 0 Å². The predicted octanol–water partition coefficient (Wildman–Crippen LogP) is 4.86. The molecule has 2 N–H and O–H groups in total. The van der Waals surface area contributed by atoms with Crippen LogP contribution in [0.25, 0.3) is 0 Å². The molecule has 110 valence electrons. The Labute approximate surface area is 118 Å². The molecule has 1 rings (SSSR count). The molecule has 0 saturated carbocycles. The fourth-order valence-corrected chi connectivity index (χ4v) is 1.50. The lowest BCUT2D eigenvalue weighted by atomic mass is 10.2. The molecule has 0 aliphatic rings. The number of hydrogen-bond donors (Lipinski definition) is 1. The molecule has 0 fully saturated rings. The first-order valence-corrected chi connectivity index (χ1v) is 6.90. The summed E-state index contributed by atoms with van der Waals surface area (Å²) >= 11 is 0. The second-order valence-electron chi connectivity index (χ2n) is 4.00. The van der Waals surface area contributed by atoms with E-state index in [1.165, 1.54) is 12.5 Å². The minimum atomic E-state index is -0.236. The van der Waals surface area contributed by atoms with E-state index in [9.17, 15) is 4.39 Å². The highest BCUT2D eigenvalue weighted by atomic mass is 19.1. The molecule has 0 aliphatic carbocycles. The molecule has 0 heterocycles. The van der Waals surface area contributed by atoms with Gasteiger partial charge in [-0.1, -0.05) is 27.2 Å². The molecule has 0 radical (unpaired) electrons. The van der Waals surface area contributed by atoms with E-state index in [2.05, 4.69) is 33.9 Å². The number of nitrogen functional groups attached to an aromatic ring is 1. The van der Waals surface area contributed by atoms with Crippen molar-refractivity contribution in [3.05, 3.63) is 37.2 Å². The van der Waals surface area contributed by atoms with Gasteiger partial charge in [-0.3, -0.25) is 0 Å². The van der Waals surface area contributed by atoms with Crippen molar-refractivity contribution in [1.82, 2.24) is 0 Å². The molecule has 19 heavy (non-hydrogen) atoms. The molecule has 0 aromatic heterocycles. The predicted molar refractivity (Wildman–Crippen MR) is 86.2 cm³/mol. The standard InChI is InChI=1S/C11H17FN2.C3H8.C2H4/c1-3-7-14(4-2)11-6-5-9(13)8-10(11)12;1-3-2;1-2/h5-6,8H,3-4,7,13H2,1-2H3;3H2,1-2H3;1-2H2. The van der Waals surface area contributed by atoms with Gasteiger partial charge in [-0.15, -0.1) is 13.2 Å². The highest BCUT2D eigenvalue weighted by Gasteiger charge is 2.08. The van der Waals surface area contributed by atoms with E-state index in [4.69, 9.17) is 5.73 Å². The summed E-state index contributed by atoms with van der Waals surface area (Å²) in [6, 6.07) is 4.84. The Kier molecular flexibility index (Phi) is 13.5. The summed E-state index contributed by atoms with van der Waals surface area (Å²) in [7, 11) is 0. The lowest BCUT2D eigenvalue weighted by Gasteiger charge is -2.22. The monoisotopic (exact) mass is 268 g/mol. The summed E-state index contributed by atoms with van der Waals surface area (Å²) in [6.45, 7) is 16.0. The number of nitrogens with two attached hydrogens (primary N) is 1. The minimum absolute atomic E-state index is 0.236. The molecule has 0 atom stereocenters. The van der Waals surface area contributed by atoms with Gasteiger partial charge in [0.05, 0.1) is 5.69 Å². The summed E-state index contributed by atoms with van der Waals surface area (Å²) < 4.78 is 13.5. The zero-order valence-corrected chi connectivity index (χ0v) is 12.9. The molecule has 0 saturated heterocycles. The summed E-state index contributed by atoms with van der Waals surface area (Å²) in [5.41, 5.74) is 6.60. The van der Waals surface area contributed by atoms with Crippen molar-refractivity contribution in [2.75, 3.05) is 23.7 Å². The van der Waals surface area contributed by atoms with E-state index < -0.39 is 0 Å². The number of benzene rings is 1. The topological polar surface area (TPSA) is 29.3 Å². The smallest absolute Gasteiger partial charge is 0.148 e. The van der Waals surface area contributed by atoms with Crippen LogP contribution in [0, 0.1) is 5.82 Å². The molecule has 0 spiro atoms. The number of halogens is 1. The Hall–Kier alpha value is -1.51. The van der Waals surface area contributed by atoms with Crippen molar-refractivity contribution in [1.29, 1.82) is 0 Å². The maximum Gasteiger partial charge on any atom is 0.148 e. The third-order valence-electron chi connectivity index (χ3n) is 2.19. The maximum atomic E-state index is 13.5. The van der Waals surface area contributed by atoms with E-state index in [1.54, 1.807) is 12.1 Å². The van der Waals surface area contributed by atoms with Crippen LogP contribution in [0.4, 0.5) is 15.8 Å². The summed E-state index contributed by atoms with van der Waals surface area (Å²) in [4.78, 5) is 2.01. The van der Waals surface area contributed by atoms with Crippen molar-refractivity contribution in [2.45, 2.75) is 40.5 Å². The van der Waals surface area contributed by atoms with Crippen LogP contribution in [0.1, 0.15) is 40.5 Å². The Bertz CT molecular complexity index is 327. The minimum Gasteiger partial charge on any atom is -0.399 e. The summed E-state index contributed by atoms with van der Waals surface area (Å²) in [5.74, 6) is -0.236. The van der Waals surface area contributed by atoms with Crippen molar-refractivity contribution in [3.8, 4) is 0 Å². The number of nitrogens with zero attached hydrogens (tertiary/aromatic N) is 1. The molecule has 1 aromatic carbocycles. The Morgan fingerprint density at radius 3 is 2.05 bits per heavy atom. The van der Waals surface area contributed by atoms with E-state index in [0.29, 0.717) is 11.4 Å². The van der Waals surface area contributed by atoms with Gasteiger partial charge in [0.25, 0.3) is 0 Å². The van der Waals surface area contributed by atoms with Crippen LogP contribution in [0.5, 0.6) is 0 Å². The average Bonchev–Trinajstić information content (AvgIpc) is 2.40. The fraction of sp³-hybridized carbons (Fsp3) is 0.500. The molecule has 0 unspecified atom stereocenters. The highest BCUT2D eigenvalue weighted by Crippen LogP contribution is 2.21. The SMILES string of the molecule is C=C.CCC.CCCN(CC)c1ccc(N)cc1F. The van der Waals surface area contributed by atoms with E-state index in [-0.39, 0.29) is 5.82 Å². The van der Waals surface area contributed by atoms with Crippen molar-refractivity contribution < 1.29 is 4.39 Å². The molecule has 0 bridgehead atoms. The molecule has 0 amide bonds. The summed E-state index contributed by atoms with van der Waals surface area (Å²) in [6.07, 6.45) is 2.26. The van der Waals surface area contributed by atoms with Crippen LogP contribution < -0.4 is 10.6 Å². The van der Waals surface area contributed by atoms with Crippen molar-refractivity contribution in [2.24, 2.45) is 0 Å². The molecular weight excluding hydrogens is 239 g/mol. The van der Waals surface area contributed by atoms with Crippen LogP contribution in [-0.2, 0) is 0 Å². The number of rotatable bonds is 4. The molecule has 2 nitrogen and oxygen atoms in total. The Morgan fingerprint density at radius 1 is 1.16 bits per heavy atom. The molecule has 3 heteroatoms. The van der Waals surface area contributed by atoms with Crippen molar-refractivity contribution in [3.63, 3.8) is 0 Å². The largest absolute Gasteiger partial charge is 0.399 e. The lowest BCUT2D eigenvalue weighted by molar-refractivity contribution is 0.617.